The van der Waals surface area contributed by atoms with Crippen LogP contribution in [0.1, 0.15) is 84.3 Å². The Hall–Kier alpha value is -2.66. The van der Waals surface area contributed by atoms with Gasteiger partial charge in [0.05, 0.1) is 35.3 Å². The lowest BCUT2D eigenvalue weighted by Gasteiger charge is -2.41. The molecule has 9 nitrogen and oxygen atoms in total. The fourth-order valence-electron chi connectivity index (χ4n) is 6.60. The number of aryl methyl sites for hydroxylation is 1. The van der Waals surface area contributed by atoms with Gasteiger partial charge in [0.2, 0.25) is 10.0 Å². The monoisotopic (exact) mass is 656 g/mol. The van der Waals surface area contributed by atoms with E-state index in [1.54, 1.807) is 23.5 Å². The lowest BCUT2D eigenvalue weighted by Crippen LogP contribution is -2.50. The summed E-state index contributed by atoms with van der Waals surface area (Å²) in [5, 5.41) is 0. The van der Waals surface area contributed by atoms with E-state index in [0.717, 1.165) is 54.9 Å². The van der Waals surface area contributed by atoms with Crippen molar-refractivity contribution in [1.29, 1.82) is 0 Å². The Bertz CT molecular complexity index is 1480. The molecular formula is C36H52N2O7S. The van der Waals surface area contributed by atoms with Gasteiger partial charge >= 0.3 is 5.97 Å². The second-order valence-corrected chi connectivity index (χ2v) is 16.9. The molecule has 5 rings (SSSR count). The molecule has 2 fully saturated rings. The molecule has 2 heterocycles. The average molecular weight is 657 g/mol. The van der Waals surface area contributed by atoms with Crippen LogP contribution >= 0.6 is 0 Å². The molecule has 254 valence electrons. The molecule has 1 saturated carbocycles. The van der Waals surface area contributed by atoms with Crippen molar-refractivity contribution in [3.05, 3.63) is 53.6 Å². The smallest absolute Gasteiger partial charge is 0.312 e. The summed E-state index contributed by atoms with van der Waals surface area (Å²) in [6.45, 7) is 14.7. The molecule has 0 amide bonds. The molecule has 46 heavy (non-hydrogen) atoms. The molecule has 10 heteroatoms. The summed E-state index contributed by atoms with van der Waals surface area (Å²) >= 11 is 0. The summed E-state index contributed by atoms with van der Waals surface area (Å²) in [7, 11) is -2.10. The Morgan fingerprint density at radius 1 is 1.07 bits per heavy atom. The van der Waals surface area contributed by atoms with E-state index in [4.69, 9.17) is 18.9 Å². The van der Waals surface area contributed by atoms with Crippen LogP contribution in [0.25, 0.3) is 0 Å². The number of anilines is 1. The Morgan fingerprint density at radius 3 is 2.43 bits per heavy atom. The number of esters is 1. The highest BCUT2D eigenvalue weighted by molar-refractivity contribution is 7.89. The SMILES string of the molecule is COCCCN1CC(C)(C)Oc2ccc(CO[C@@H]3CC[C@@H](CC4(C(=O)OC(C)(C)C)CC4)N(S(=O)(=O)c4ccc(C)cc4)C3)cc21. The topological polar surface area (TPSA) is 94.6 Å². The highest BCUT2D eigenvalue weighted by Gasteiger charge is 2.55. The lowest BCUT2D eigenvalue weighted by molar-refractivity contribution is -0.162. The number of piperidine rings is 1. The first-order valence-electron chi connectivity index (χ1n) is 16.6. The van der Waals surface area contributed by atoms with Gasteiger partial charge in [-0.15, -0.1) is 0 Å². The quantitative estimate of drug-likeness (QED) is 0.195. The van der Waals surface area contributed by atoms with Crippen LogP contribution in [0.4, 0.5) is 5.69 Å². The van der Waals surface area contributed by atoms with Gasteiger partial charge in [0.1, 0.15) is 17.0 Å². The molecule has 0 aromatic heterocycles. The number of sulfonamides is 1. The Labute approximate surface area is 275 Å². The van der Waals surface area contributed by atoms with Gasteiger partial charge in [-0.2, -0.15) is 4.31 Å². The third-order valence-corrected chi connectivity index (χ3v) is 11.1. The number of fused-ring (bicyclic) bond motifs is 1. The second kappa shape index (κ2) is 13.5. The zero-order valence-electron chi connectivity index (χ0n) is 28.6. The fraction of sp³-hybridized carbons (Fsp3) is 0.639. The lowest BCUT2D eigenvalue weighted by atomic mass is 9.90. The molecule has 0 radical (unpaired) electrons. The van der Waals surface area contributed by atoms with Crippen LogP contribution in [-0.4, -0.2) is 75.4 Å². The first-order chi connectivity index (χ1) is 21.6. The molecule has 0 unspecified atom stereocenters. The first-order valence-corrected chi connectivity index (χ1v) is 18.0. The number of hydrogen-bond acceptors (Lipinski definition) is 8. The van der Waals surface area contributed by atoms with Crippen molar-refractivity contribution >= 4 is 21.7 Å². The molecule has 0 spiro atoms. The van der Waals surface area contributed by atoms with Gasteiger partial charge in [0, 0.05) is 32.8 Å². The van der Waals surface area contributed by atoms with E-state index >= 15 is 0 Å². The number of carbonyl (C=O) groups is 1. The van der Waals surface area contributed by atoms with Gasteiger partial charge in [-0.25, -0.2) is 8.42 Å². The van der Waals surface area contributed by atoms with Crippen LogP contribution < -0.4 is 9.64 Å². The zero-order valence-corrected chi connectivity index (χ0v) is 29.5. The van der Waals surface area contributed by atoms with E-state index in [9.17, 15) is 13.2 Å². The van der Waals surface area contributed by atoms with Crippen LogP contribution in [0.5, 0.6) is 5.75 Å². The third-order valence-electron chi connectivity index (χ3n) is 9.14. The maximum Gasteiger partial charge on any atom is 0.312 e. The van der Waals surface area contributed by atoms with Crippen LogP contribution in [0, 0.1) is 12.3 Å². The van der Waals surface area contributed by atoms with Crippen molar-refractivity contribution < 1.29 is 32.2 Å². The Balaban J connectivity index is 1.32. The van der Waals surface area contributed by atoms with Gasteiger partial charge in [-0.1, -0.05) is 23.8 Å². The standard InChI is InChI=1S/C36H52N2O7S/c1-26-9-14-30(15-10-26)46(40,41)38-23-29(13-12-28(38)22-36(17-18-36)33(39)45-34(2,3)4)43-24-27-11-16-32-31(21-27)37(19-8-20-42-7)25-35(5,6)44-32/h9-11,14-16,21,28-29H,8,12-13,17-20,22-25H2,1-7H3/t28-,29+/m0/s1. The number of carbonyl (C=O) groups excluding carboxylic acids is 1. The zero-order chi connectivity index (χ0) is 33.3. The minimum Gasteiger partial charge on any atom is -0.484 e. The Kier molecular flexibility index (Phi) is 10.1. The maximum atomic E-state index is 14.1. The summed E-state index contributed by atoms with van der Waals surface area (Å²) in [5.74, 6) is 0.634. The predicted molar refractivity (Wildman–Crippen MR) is 179 cm³/mol. The van der Waals surface area contributed by atoms with E-state index in [1.807, 2.05) is 52.0 Å². The Morgan fingerprint density at radius 2 is 1.78 bits per heavy atom. The third kappa shape index (κ3) is 8.24. The molecule has 3 aliphatic rings. The van der Waals surface area contributed by atoms with E-state index in [-0.39, 0.29) is 35.2 Å². The number of hydrogen-bond donors (Lipinski definition) is 0. The molecule has 0 bridgehead atoms. The summed E-state index contributed by atoms with van der Waals surface area (Å²) in [5.41, 5.74) is 1.53. The van der Waals surface area contributed by atoms with E-state index < -0.39 is 21.0 Å². The maximum absolute atomic E-state index is 14.1. The van der Waals surface area contributed by atoms with Gasteiger partial charge in [-0.3, -0.25) is 4.79 Å². The molecule has 1 aliphatic carbocycles. The summed E-state index contributed by atoms with van der Waals surface area (Å²) < 4.78 is 53.6. The minimum atomic E-state index is -3.82. The molecular weight excluding hydrogens is 604 g/mol. The predicted octanol–water partition coefficient (Wildman–Crippen LogP) is 6.26. The van der Waals surface area contributed by atoms with Crippen molar-refractivity contribution in [2.24, 2.45) is 5.41 Å². The molecule has 2 aliphatic heterocycles. The number of ether oxygens (including phenoxy) is 4. The van der Waals surface area contributed by atoms with Crippen LogP contribution in [-0.2, 0) is 35.6 Å². The van der Waals surface area contributed by atoms with Crippen molar-refractivity contribution in [1.82, 2.24) is 4.31 Å². The average Bonchev–Trinajstić information content (AvgIpc) is 3.76. The molecule has 2 aromatic rings. The van der Waals surface area contributed by atoms with E-state index in [2.05, 4.69) is 24.8 Å². The highest BCUT2D eigenvalue weighted by Crippen LogP contribution is 2.53. The molecule has 1 saturated heterocycles. The van der Waals surface area contributed by atoms with Crippen LogP contribution in [0.3, 0.4) is 0 Å². The number of benzene rings is 2. The minimum absolute atomic E-state index is 0.220. The number of rotatable bonds is 12. The molecule has 2 aromatic carbocycles. The molecule has 2 atom stereocenters. The summed E-state index contributed by atoms with van der Waals surface area (Å²) in [6.07, 6.45) is 3.85. The van der Waals surface area contributed by atoms with E-state index in [1.165, 1.54) is 0 Å². The molecule has 0 N–H and O–H groups in total. The van der Waals surface area contributed by atoms with Crippen LogP contribution in [0.2, 0.25) is 0 Å². The van der Waals surface area contributed by atoms with Crippen molar-refractivity contribution in [3.8, 4) is 5.75 Å². The van der Waals surface area contributed by atoms with Crippen molar-refractivity contribution in [2.45, 2.75) is 115 Å². The first kappa shape index (κ1) is 34.7. The van der Waals surface area contributed by atoms with Gasteiger partial charge in [-0.05, 0) is 110 Å². The largest absolute Gasteiger partial charge is 0.484 e. The second-order valence-electron chi connectivity index (χ2n) is 15.0. The highest BCUT2D eigenvalue weighted by atomic mass is 32.2. The van der Waals surface area contributed by atoms with Crippen molar-refractivity contribution in [3.63, 3.8) is 0 Å². The fourth-order valence-corrected chi connectivity index (χ4v) is 8.28. The normalized spacial score (nSPS) is 22.5. The summed E-state index contributed by atoms with van der Waals surface area (Å²) in [4.78, 5) is 15.8. The number of nitrogens with zero attached hydrogens (tertiary/aromatic N) is 2. The van der Waals surface area contributed by atoms with E-state index in [0.29, 0.717) is 32.5 Å². The van der Waals surface area contributed by atoms with Gasteiger partial charge in [0.25, 0.3) is 0 Å². The van der Waals surface area contributed by atoms with Gasteiger partial charge in [0.15, 0.2) is 0 Å². The number of methoxy groups -OCH3 is 1. The van der Waals surface area contributed by atoms with Crippen LogP contribution in [0.15, 0.2) is 47.4 Å². The summed E-state index contributed by atoms with van der Waals surface area (Å²) in [6, 6.07) is 12.8. The van der Waals surface area contributed by atoms with Gasteiger partial charge < -0.3 is 23.8 Å². The van der Waals surface area contributed by atoms with Crippen molar-refractivity contribution in [2.75, 3.05) is 38.3 Å².